The second-order valence-electron chi connectivity index (χ2n) is 2.36. The molecule has 0 atom stereocenters. The second-order valence-corrected chi connectivity index (χ2v) is 2.36. The van der Waals surface area contributed by atoms with Crippen molar-refractivity contribution in [1.82, 2.24) is 4.90 Å². The van der Waals surface area contributed by atoms with Crippen LogP contribution >= 0.6 is 0 Å². The van der Waals surface area contributed by atoms with Crippen molar-refractivity contribution in [2.24, 2.45) is 10.7 Å². The van der Waals surface area contributed by atoms with Gasteiger partial charge in [0.05, 0.1) is 0 Å². The summed E-state index contributed by atoms with van der Waals surface area (Å²) in [5.74, 6) is 0.889. The maximum absolute atomic E-state index is 5.46. The molecular weight excluding hydrogens is 126 g/mol. The van der Waals surface area contributed by atoms with Gasteiger partial charge in [-0.3, -0.25) is 4.99 Å². The maximum atomic E-state index is 5.46. The molecule has 0 aromatic rings. The van der Waals surface area contributed by atoms with Crippen molar-refractivity contribution in [1.29, 1.82) is 0 Å². The minimum atomic E-state index is 0.773. The van der Waals surface area contributed by atoms with E-state index in [0.29, 0.717) is 0 Å². The van der Waals surface area contributed by atoms with E-state index < -0.39 is 0 Å². The van der Waals surface area contributed by atoms with E-state index >= 15 is 0 Å². The molecule has 0 aliphatic carbocycles. The maximum Gasteiger partial charge on any atom is 0.124 e. The molecule has 0 saturated heterocycles. The fraction of sp³-hybridized carbons (Fsp3) is 0.571. The van der Waals surface area contributed by atoms with Crippen LogP contribution in [-0.2, 0) is 0 Å². The zero-order valence-electron chi connectivity index (χ0n) is 7.05. The standard InChI is InChI=1S/C7H15N3/c1-6(8)5-7(9-2)10(3)4/h5H,8H2,1-4H3/b6-5-,9-7+. The first-order chi connectivity index (χ1) is 4.57. The minimum Gasteiger partial charge on any atom is -0.402 e. The van der Waals surface area contributed by atoms with Gasteiger partial charge in [0.2, 0.25) is 0 Å². The third-order valence-electron chi connectivity index (χ3n) is 1.04. The predicted molar refractivity (Wildman–Crippen MR) is 45.0 cm³/mol. The molecule has 58 valence electrons. The predicted octanol–water partition coefficient (Wildman–Crippen LogP) is 0.439. The molecule has 0 saturated carbocycles. The van der Waals surface area contributed by atoms with Crippen molar-refractivity contribution < 1.29 is 0 Å². The molecule has 0 aromatic carbocycles. The van der Waals surface area contributed by atoms with Gasteiger partial charge in [-0.05, 0) is 13.0 Å². The zero-order chi connectivity index (χ0) is 8.15. The van der Waals surface area contributed by atoms with Gasteiger partial charge < -0.3 is 10.6 Å². The van der Waals surface area contributed by atoms with Crippen LogP contribution in [0.5, 0.6) is 0 Å². The van der Waals surface area contributed by atoms with Gasteiger partial charge in [0.15, 0.2) is 0 Å². The summed E-state index contributed by atoms with van der Waals surface area (Å²) in [6, 6.07) is 0. The average molecular weight is 141 g/mol. The molecule has 0 rings (SSSR count). The highest BCUT2D eigenvalue weighted by Crippen LogP contribution is 1.88. The van der Waals surface area contributed by atoms with Crippen molar-refractivity contribution in [3.05, 3.63) is 11.8 Å². The zero-order valence-corrected chi connectivity index (χ0v) is 7.05. The summed E-state index contributed by atoms with van der Waals surface area (Å²) in [4.78, 5) is 5.93. The topological polar surface area (TPSA) is 41.6 Å². The van der Waals surface area contributed by atoms with Crippen molar-refractivity contribution in [2.75, 3.05) is 21.1 Å². The van der Waals surface area contributed by atoms with Gasteiger partial charge in [-0.25, -0.2) is 0 Å². The Bertz CT molecular complexity index is 152. The Morgan fingerprint density at radius 1 is 1.50 bits per heavy atom. The van der Waals surface area contributed by atoms with Crippen LogP contribution in [0.2, 0.25) is 0 Å². The number of rotatable bonds is 1. The Morgan fingerprint density at radius 2 is 2.00 bits per heavy atom. The van der Waals surface area contributed by atoms with E-state index in [-0.39, 0.29) is 0 Å². The number of nitrogens with zero attached hydrogens (tertiary/aromatic N) is 2. The molecule has 0 aliphatic heterocycles. The highest BCUT2D eigenvalue weighted by Gasteiger charge is 1.93. The number of likely N-dealkylation sites (N-methyl/N-ethyl adjacent to an activating group) is 1. The van der Waals surface area contributed by atoms with E-state index in [1.165, 1.54) is 0 Å². The van der Waals surface area contributed by atoms with Gasteiger partial charge >= 0.3 is 0 Å². The van der Waals surface area contributed by atoms with E-state index in [2.05, 4.69) is 4.99 Å². The first-order valence-corrected chi connectivity index (χ1v) is 3.15. The largest absolute Gasteiger partial charge is 0.402 e. The van der Waals surface area contributed by atoms with Crippen LogP contribution in [0.1, 0.15) is 6.92 Å². The second kappa shape index (κ2) is 3.93. The normalized spacial score (nSPS) is 13.6. The van der Waals surface area contributed by atoms with Crippen molar-refractivity contribution in [3.8, 4) is 0 Å². The van der Waals surface area contributed by atoms with Crippen LogP contribution in [0.15, 0.2) is 16.8 Å². The summed E-state index contributed by atoms with van der Waals surface area (Å²) < 4.78 is 0. The monoisotopic (exact) mass is 141 g/mol. The molecule has 0 heterocycles. The van der Waals surface area contributed by atoms with Crippen molar-refractivity contribution in [2.45, 2.75) is 6.92 Å². The van der Waals surface area contributed by atoms with Crippen LogP contribution in [0.4, 0.5) is 0 Å². The van der Waals surface area contributed by atoms with Gasteiger partial charge in [0.25, 0.3) is 0 Å². The van der Waals surface area contributed by atoms with Gasteiger partial charge in [-0.2, -0.15) is 0 Å². The lowest BCUT2D eigenvalue weighted by atomic mass is 10.4. The van der Waals surface area contributed by atoms with E-state index in [9.17, 15) is 0 Å². The Balaban J connectivity index is 4.26. The molecule has 3 nitrogen and oxygen atoms in total. The molecule has 0 amide bonds. The number of hydrogen-bond acceptors (Lipinski definition) is 2. The molecule has 0 aromatic heterocycles. The number of hydrogen-bond donors (Lipinski definition) is 1. The molecule has 0 fully saturated rings. The number of amidine groups is 1. The average Bonchev–Trinajstić information content (AvgIpc) is 1.81. The van der Waals surface area contributed by atoms with Gasteiger partial charge in [-0.1, -0.05) is 0 Å². The molecule has 3 heteroatoms. The molecule has 0 spiro atoms. The van der Waals surface area contributed by atoms with Crippen LogP contribution < -0.4 is 5.73 Å². The van der Waals surface area contributed by atoms with E-state index in [4.69, 9.17) is 5.73 Å². The Morgan fingerprint density at radius 3 is 2.10 bits per heavy atom. The SMILES string of the molecule is C/N=C(\C=C(\C)N)N(C)C. The molecule has 0 aliphatic rings. The Labute approximate surface area is 62.2 Å². The Kier molecular flexibility index (Phi) is 3.54. The third kappa shape index (κ3) is 3.12. The van der Waals surface area contributed by atoms with Crippen molar-refractivity contribution >= 4 is 5.84 Å². The van der Waals surface area contributed by atoms with E-state index in [1.54, 1.807) is 7.05 Å². The first-order valence-electron chi connectivity index (χ1n) is 3.15. The van der Waals surface area contributed by atoms with E-state index in [0.717, 1.165) is 11.5 Å². The molecule has 0 radical (unpaired) electrons. The minimum absolute atomic E-state index is 0.773. The lowest BCUT2D eigenvalue weighted by Gasteiger charge is -2.11. The number of nitrogens with two attached hydrogens (primary N) is 1. The summed E-state index contributed by atoms with van der Waals surface area (Å²) in [5, 5.41) is 0. The van der Waals surface area contributed by atoms with Crippen molar-refractivity contribution in [3.63, 3.8) is 0 Å². The highest BCUT2D eigenvalue weighted by atomic mass is 15.1. The number of aliphatic imine (C=N–C) groups is 1. The molecular formula is C7H15N3. The lowest BCUT2D eigenvalue weighted by molar-refractivity contribution is 0.624. The summed E-state index contributed by atoms with van der Waals surface area (Å²) in [7, 11) is 5.61. The highest BCUT2D eigenvalue weighted by molar-refractivity contribution is 5.92. The number of allylic oxidation sites excluding steroid dienone is 1. The quantitative estimate of drug-likeness (QED) is 0.425. The summed E-state index contributed by atoms with van der Waals surface area (Å²) in [6.45, 7) is 1.84. The fourth-order valence-corrected chi connectivity index (χ4v) is 0.597. The van der Waals surface area contributed by atoms with Crippen LogP contribution in [-0.4, -0.2) is 31.9 Å². The summed E-state index contributed by atoms with van der Waals surface area (Å²) in [6.07, 6.45) is 1.83. The van der Waals surface area contributed by atoms with Gasteiger partial charge in [0, 0.05) is 26.8 Å². The first kappa shape index (κ1) is 9.01. The van der Waals surface area contributed by atoms with Gasteiger partial charge in [0.1, 0.15) is 5.84 Å². The summed E-state index contributed by atoms with van der Waals surface area (Å²) >= 11 is 0. The molecule has 0 unspecified atom stereocenters. The smallest absolute Gasteiger partial charge is 0.124 e. The van der Waals surface area contributed by atoms with Crippen LogP contribution in [0.3, 0.4) is 0 Å². The van der Waals surface area contributed by atoms with Crippen LogP contribution in [0, 0.1) is 0 Å². The molecule has 2 N–H and O–H groups in total. The molecule has 10 heavy (non-hydrogen) atoms. The Hall–Kier alpha value is -0.990. The summed E-state index contributed by atoms with van der Waals surface area (Å²) in [5.41, 5.74) is 6.23. The van der Waals surface area contributed by atoms with Crippen LogP contribution in [0.25, 0.3) is 0 Å². The lowest BCUT2D eigenvalue weighted by Crippen LogP contribution is -2.20. The molecule has 0 bridgehead atoms. The van der Waals surface area contributed by atoms with Gasteiger partial charge in [-0.15, -0.1) is 0 Å². The van der Waals surface area contributed by atoms with E-state index in [1.807, 2.05) is 32.0 Å². The third-order valence-corrected chi connectivity index (χ3v) is 1.04. The fourth-order valence-electron chi connectivity index (χ4n) is 0.597.